The van der Waals surface area contributed by atoms with Crippen molar-refractivity contribution in [3.05, 3.63) is 54.5 Å². The van der Waals surface area contributed by atoms with Crippen molar-refractivity contribution in [1.29, 1.82) is 0 Å². The first kappa shape index (κ1) is 9.84. The number of fused-ring (bicyclic) bond motifs is 1. The first-order valence-electron chi connectivity index (χ1n) is 5.49. The Balaban J connectivity index is 1.84. The van der Waals surface area contributed by atoms with E-state index < -0.39 is 0 Å². The molecule has 0 fully saturated rings. The summed E-state index contributed by atoms with van der Waals surface area (Å²) >= 11 is 0. The van der Waals surface area contributed by atoms with Crippen molar-refractivity contribution in [2.75, 3.05) is 5.32 Å². The molecule has 17 heavy (non-hydrogen) atoms. The maximum atomic E-state index is 4.25. The molecule has 0 bridgehead atoms. The van der Waals surface area contributed by atoms with E-state index in [1.165, 1.54) is 5.56 Å². The van der Waals surface area contributed by atoms with E-state index in [1.807, 2.05) is 30.5 Å². The summed E-state index contributed by atoms with van der Waals surface area (Å²) in [6, 6.07) is 12.2. The Morgan fingerprint density at radius 2 is 1.94 bits per heavy atom. The highest BCUT2D eigenvalue weighted by molar-refractivity contribution is 5.86. The molecular formula is C13H12N4. The van der Waals surface area contributed by atoms with Crippen molar-refractivity contribution in [2.45, 2.75) is 6.54 Å². The molecule has 0 aliphatic carbocycles. The molecule has 0 unspecified atom stereocenters. The molecule has 0 spiro atoms. The molecule has 4 nitrogen and oxygen atoms in total. The van der Waals surface area contributed by atoms with Crippen molar-refractivity contribution in [3.63, 3.8) is 0 Å². The van der Waals surface area contributed by atoms with Crippen LogP contribution in [0.3, 0.4) is 0 Å². The van der Waals surface area contributed by atoms with Crippen LogP contribution in [0.15, 0.2) is 48.9 Å². The summed E-state index contributed by atoms with van der Waals surface area (Å²) in [7, 11) is 0. The second-order valence-electron chi connectivity index (χ2n) is 3.80. The summed E-state index contributed by atoms with van der Waals surface area (Å²) in [4.78, 5) is 11.5. The van der Waals surface area contributed by atoms with Crippen molar-refractivity contribution >= 4 is 16.9 Å². The highest BCUT2D eigenvalue weighted by atomic mass is 15.0. The van der Waals surface area contributed by atoms with Crippen LogP contribution in [-0.2, 0) is 6.54 Å². The molecule has 1 aromatic carbocycles. The van der Waals surface area contributed by atoms with E-state index >= 15 is 0 Å². The van der Waals surface area contributed by atoms with Gasteiger partial charge < -0.3 is 10.3 Å². The van der Waals surface area contributed by atoms with Gasteiger partial charge in [0, 0.05) is 12.7 Å². The number of hydrogen-bond donors (Lipinski definition) is 2. The second kappa shape index (κ2) is 4.25. The Kier molecular flexibility index (Phi) is 2.46. The van der Waals surface area contributed by atoms with Crippen molar-refractivity contribution in [3.8, 4) is 0 Å². The lowest BCUT2D eigenvalue weighted by Gasteiger charge is -2.06. The third-order valence-electron chi connectivity index (χ3n) is 2.66. The molecule has 0 aliphatic heterocycles. The Hall–Kier alpha value is -2.36. The van der Waals surface area contributed by atoms with E-state index in [1.54, 1.807) is 6.33 Å². The van der Waals surface area contributed by atoms with Gasteiger partial charge in [-0.05, 0) is 11.6 Å². The summed E-state index contributed by atoms with van der Waals surface area (Å²) in [5, 5.41) is 4.34. The van der Waals surface area contributed by atoms with Gasteiger partial charge >= 0.3 is 0 Å². The fraction of sp³-hybridized carbons (Fsp3) is 0.0769. The fourth-order valence-electron chi connectivity index (χ4n) is 1.79. The van der Waals surface area contributed by atoms with Gasteiger partial charge in [0.25, 0.3) is 0 Å². The third-order valence-corrected chi connectivity index (χ3v) is 2.66. The van der Waals surface area contributed by atoms with E-state index in [4.69, 9.17) is 0 Å². The number of nitrogens with one attached hydrogen (secondary N) is 2. The van der Waals surface area contributed by atoms with Crippen LogP contribution in [0.5, 0.6) is 0 Å². The minimum atomic E-state index is 0.762. The monoisotopic (exact) mass is 224 g/mol. The summed E-state index contributed by atoms with van der Waals surface area (Å²) in [6.07, 6.45) is 3.43. The van der Waals surface area contributed by atoms with Crippen LogP contribution >= 0.6 is 0 Å². The van der Waals surface area contributed by atoms with Crippen LogP contribution < -0.4 is 5.32 Å². The molecule has 3 aromatic rings. The molecule has 2 N–H and O–H groups in total. The fourth-order valence-corrected chi connectivity index (χ4v) is 1.79. The largest absolute Gasteiger partial charge is 0.365 e. The van der Waals surface area contributed by atoms with Gasteiger partial charge in [-0.25, -0.2) is 9.97 Å². The summed E-state index contributed by atoms with van der Waals surface area (Å²) in [6.45, 7) is 0.762. The Bertz CT molecular complexity index is 615. The average molecular weight is 224 g/mol. The van der Waals surface area contributed by atoms with Crippen molar-refractivity contribution in [2.24, 2.45) is 0 Å². The van der Waals surface area contributed by atoms with Crippen LogP contribution in [0.1, 0.15) is 5.56 Å². The lowest BCUT2D eigenvalue weighted by molar-refractivity contribution is 1.10. The number of nitrogens with zero attached hydrogens (tertiary/aromatic N) is 2. The summed E-state index contributed by atoms with van der Waals surface area (Å²) in [5.74, 6) is 0.861. The third kappa shape index (κ3) is 1.97. The van der Waals surface area contributed by atoms with Crippen molar-refractivity contribution in [1.82, 2.24) is 15.0 Å². The van der Waals surface area contributed by atoms with Gasteiger partial charge in [0.15, 0.2) is 0 Å². The quantitative estimate of drug-likeness (QED) is 0.719. The van der Waals surface area contributed by atoms with E-state index in [-0.39, 0.29) is 0 Å². The standard InChI is InChI=1S/C13H12N4/c1-2-4-10(5-3-1)8-15-13-11-6-7-14-12(11)16-9-17-13/h1-7,9H,8H2,(H2,14,15,16,17). The lowest BCUT2D eigenvalue weighted by atomic mass is 10.2. The maximum Gasteiger partial charge on any atom is 0.142 e. The molecule has 0 saturated heterocycles. The number of anilines is 1. The average Bonchev–Trinajstić information content (AvgIpc) is 2.86. The first-order valence-corrected chi connectivity index (χ1v) is 5.49. The summed E-state index contributed by atoms with van der Waals surface area (Å²) < 4.78 is 0. The minimum absolute atomic E-state index is 0.762. The van der Waals surface area contributed by atoms with Crippen molar-refractivity contribution < 1.29 is 0 Å². The van der Waals surface area contributed by atoms with Gasteiger partial charge in [-0.15, -0.1) is 0 Å². The molecule has 4 heteroatoms. The number of benzene rings is 1. The minimum Gasteiger partial charge on any atom is -0.365 e. The summed E-state index contributed by atoms with van der Waals surface area (Å²) in [5.41, 5.74) is 2.09. The molecule has 84 valence electrons. The smallest absolute Gasteiger partial charge is 0.142 e. The number of aromatic amines is 1. The van der Waals surface area contributed by atoms with E-state index in [0.717, 1.165) is 23.4 Å². The molecule has 2 aromatic heterocycles. The van der Waals surface area contributed by atoms with Crippen LogP contribution in [0.2, 0.25) is 0 Å². The second-order valence-corrected chi connectivity index (χ2v) is 3.80. The zero-order valence-corrected chi connectivity index (χ0v) is 9.22. The molecule has 0 amide bonds. The molecule has 0 radical (unpaired) electrons. The van der Waals surface area contributed by atoms with E-state index in [9.17, 15) is 0 Å². The highest BCUT2D eigenvalue weighted by Gasteiger charge is 2.03. The van der Waals surface area contributed by atoms with Gasteiger partial charge in [0.1, 0.15) is 17.8 Å². The predicted octanol–water partition coefficient (Wildman–Crippen LogP) is 2.57. The topological polar surface area (TPSA) is 53.6 Å². The first-order chi connectivity index (χ1) is 8.43. The van der Waals surface area contributed by atoms with Crippen LogP contribution in [0.25, 0.3) is 11.0 Å². The zero-order chi connectivity index (χ0) is 11.5. The Morgan fingerprint density at radius 3 is 2.82 bits per heavy atom. The van der Waals surface area contributed by atoms with Crippen LogP contribution in [-0.4, -0.2) is 15.0 Å². The molecular weight excluding hydrogens is 212 g/mol. The SMILES string of the molecule is c1ccc(CNc2ncnc3[nH]ccc23)cc1. The van der Waals surface area contributed by atoms with Gasteiger partial charge in [0.2, 0.25) is 0 Å². The van der Waals surface area contributed by atoms with Crippen LogP contribution in [0.4, 0.5) is 5.82 Å². The molecule has 0 atom stereocenters. The predicted molar refractivity (Wildman–Crippen MR) is 67.7 cm³/mol. The number of aromatic nitrogens is 3. The molecule has 2 heterocycles. The molecule has 0 aliphatic rings. The number of hydrogen-bond acceptors (Lipinski definition) is 3. The Labute approximate surface area is 98.7 Å². The number of H-pyrrole nitrogens is 1. The molecule has 3 rings (SSSR count). The van der Waals surface area contributed by atoms with E-state index in [0.29, 0.717) is 0 Å². The molecule has 0 saturated carbocycles. The zero-order valence-electron chi connectivity index (χ0n) is 9.22. The van der Waals surface area contributed by atoms with Gasteiger partial charge in [-0.3, -0.25) is 0 Å². The van der Waals surface area contributed by atoms with Gasteiger partial charge in [-0.1, -0.05) is 30.3 Å². The van der Waals surface area contributed by atoms with E-state index in [2.05, 4.69) is 32.4 Å². The maximum absolute atomic E-state index is 4.25. The number of rotatable bonds is 3. The Morgan fingerprint density at radius 1 is 1.06 bits per heavy atom. The van der Waals surface area contributed by atoms with Gasteiger partial charge in [0.05, 0.1) is 5.39 Å². The van der Waals surface area contributed by atoms with Gasteiger partial charge in [-0.2, -0.15) is 0 Å². The normalized spacial score (nSPS) is 10.6. The lowest BCUT2D eigenvalue weighted by Crippen LogP contribution is -2.01. The highest BCUT2D eigenvalue weighted by Crippen LogP contribution is 2.17. The van der Waals surface area contributed by atoms with Crippen LogP contribution in [0, 0.1) is 0 Å².